The predicted molar refractivity (Wildman–Crippen MR) is 95.2 cm³/mol. The van der Waals surface area contributed by atoms with E-state index in [-0.39, 0.29) is 44.3 Å². The number of rotatable bonds is 4. The molecule has 9 heteroatoms. The summed E-state index contributed by atoms with van der Waals surface area (Å²) in [5.74, 6) is -0.682. The van der Waals surface area contributed by atoms with Crippen LogP contribution >= 0.6 is 0 Å². The molecule has 1 amide bonds. The molecule has 2 fully saturated rings. The molecule has 0 aliphatic carbocycles. The van der Waals surface area contributed by atoms with E-state index in [1.807, 2.05) is 30.3 Å². The summed E-state index contributed by atoms with van der Waals surface area (Å²) in [6.45, 7) is 0.630. The minimum atomic E-state index is -3.44. The molecule has 27 heavy (non-hydrogen) atoms. The molecule has 3 heterocycles. The van der Waals surface area contributed by atoms with E-state index < -0.39 is 26.5 Å². The number of amides is 1. The van der Waals surface area contributed by atoms with Crippen LogP contribution in [-0.4, -0.2) is 65.3 Å². The highest BCUT2D eigenvalue weighted by Gasteiger charge is 2.53. The van der Waals surface area contributed by atoms with Crippen molar-refractivity contribution in [2.45, 2.75) is 23.8 Å². The molecule has 1 aromatic carbocycles. The Morgan fingerprint density at radius 3 is 2.67 bits per heavy atom. The Bertz CT molecular complexity index is 939. The lowest BCUT2D eigenvalue weighted by Crippen LogP contribution is -2.70. The van der Waals surface area contributed by atoms with Gasteiger partial charge in [0, 0.05) is 0 Å². The van der Waals surface area contributed by atoms with Gasteiger partial charge >= 0.3 is 0 Å². The Morgan fingerprint density at radius 2 is 2.04 bits per heavy atom. The van der Waals surface area contributed by atoms with Gasteiger partial charge in [0.1, 0.15) is 10.9 Å². The third kappa shape index (κ3) is 3.74. The van der Waals surface area contributed by atoms with Gasteiger partial charge < -0.3 is 9.64 Å². The molecule has 2 aliphatic rings. The van der Waals surface area contributed by atoms with E-state index in [1.165, 1.54) is 4.68 Å². The SMILES string of the molecule is O=C(Cc1ccccc1)N1CC2(C1)CS(=O)(=O)[C@@H](Cn1cc(F)cn1)CO2. The summed E-state index contributed by atoms with van der Waals surface area (Å²) in [7, 11) is -3.44. The van der Waals surface area contributed by atoms with Crippen molar-refractivity contribution in [2.24, 2.45) is 0 Å². The molecule has 144 valence electrons. The molecular formula is C18H20FN3O4S. The molecule has 0 radical (unpaired) electrons. The van der Waals surface area contributed by atoms with Crippen LogP contribution < -0.4 is 0 Å². The van der Waals surface area contributed by atoms with Gasteiger partial charge in [-0.1, -0.05) is 30.3 Å². The molecule has 1 aromatic heterocycles. The van der Waals surface area contributed by atoms with Crippen LogP contribution in [0, 0.1) is 5.82 Å². The van der Waals surface area contributed by atoms with E-state index in [9.17, 15) is 17.6 Å². The molecule has 1 atom stereocenters. The second-order valence-corrected chi connectivity index (χ2v) is 9.50. The van der Waals surface area contributed by atoms with Gasteiger partial charge in [0.2, 0.25) is 5.91 Å². The smallest absolute Gasteiger partial charge is 0.227 e. The average molecular weight is 393 g/mol. The van der Waals surface area contributed by atoms with Gasteiger partial charge in [-0.25, -0.2) is 12.8 Å². The van der Waals surface area contributed by atoms with Crippen molar-refractivity contribution in [2.75, 3.05) is 25.4 Å². The average Bonchev–Trinajstić information content (AvgIpc) is 3.00. The normalized spacial score (nSPS) is 23.1. The fourth-order valence-corrected chi connectivity index (χ4v) is 5.49. The lowest BCUT2D eigenvalue weighted by atomic mass is 9.94. The van der Waals surface area contributed by atoms with E-state index in [1.54, 1.807) is 4.90 Å². The van der Waals surface area contributed by atoms with Gasteiger partial charge in [-0.05, 0) is 5.56 Å². The van der Waals surface area contributed by atoms with E-state index in [4.69, 9.17) is 4.74 Å². The Morgan fingerprint density at radius 1 is 1.30 bits per heavy atom. The summed E-state index contributed by atoms with van der Waals surface area (Å²) in [5.41, 5.74) is 0.101. The summed E-state index contributed by atoms with van der Waals surface area (Å²) in [6.07, 6.45) is 2.49. The quantitative estimate of drug-likeness (QED) is 0.762. The first-order valence-corrected chi connectivity index (χ1v) is 10.4. The van der Waals surface area contributed by atoms with Crippen molar-refractivity contribution < 1.29 is 22.3 Å². The summed E-state index contributed by atoms with van der Waals surface area (Å²) < 4.78 is 45.5. The minimum Gasteiger partial charge on any atom is -0.369 e. The van der Waals surface area contributed by atoms with Crippen molar-refractivity contribution in [1.82, 2.24) is 14.7 Å². The maximum atomic E-state index is 13.0. The first-order chi connectivity index (χ1) is 12.9. The second-order valence-electron chi connectivity index (χ2n) is 7.22. The number of carbonyl (C=O) groups excluding carboxylic acids is 1. The third-order valence-corrected chi connectivity index (χ3v) is 7.28. The monoisotopic (exact) mass is 393 g/mol. The summed E-state index contributed by atoms with van der Waals surface area (Å²) in [6, 6.07) is 9.42. The van der Waals surface area contributed by atoms with E-state index in [2.05, 4.69) is 5.10 Å². The summed E-state index contributed by atoms with van der Waals surface area (Å²) in [4.78, 5) is 14.0. The molecule has 2 aliphatic heterocycles. The van der Waals surface area contributed by atoms with Gasteiger partial charge in [0.05, 0.1) is 50.8 Å². The van der Waals surface area contributed by atoms with Crippen LogP contribution in [0.15, 0.2) is 42.7 Å². The van der Waals surface area contributed by atoms with Crippen LogP contribution in [0.3, 0.4) is 0 Å². The molecule has 0 N–H and O–H groups in total. The number of hydrogen-bond donors (Lipinski definition) is 0. The van der Waals surface area contributed by atoms with Crippen LogP contribution in [0.25, 0.3) is 0 Å². The number of ether oxygens (including phenoxy) is 1. The summed E-state index contributed by atoms with van der Waals surface area (Å²) in [5, 5.41) is 3.02. The van der Waals surface area contributed by atoms with Gasteiger partial charge in [0.25, 0.3) is 0 Å². The van der Waals surface area contributed by atoms with Crippen molar-refractivity contribution >= 4 is 15.7 Å². The molecule has 0 bridgehead atoms. The second kappa shape index (κ2) is 6.72. The first-order valence-electron chi connectivity index (χ1n) is 8.70. The molecule has 0 saturated carbocycles. The van der Waals surface area contributed by atoms with Crippen LogP contribution in [0.5, 0.6) is 0 Å². The maximum absolute atomic E-state index is 13.0. The number of nitrogens with zero attached hydrogens (tertiary/aromatic N) is 3. The molecule has 0 unspecified atom stereocenters. The fraction of sp³-hybridized carbons (Fsp3) is 0.444. The zero-order valence-corrected chi connectivity index (χ0v) is 15.4. The number of benzene rings is 1. The molecule has 2 saturated heterocycles. The van der Waals surface area contributed by atoms with E-state index >= 15 is 0 Å². The van der Waals surface area contributed by atoms with Gasteiger partial charge in [-0.2, -0.15) is 5.10 Å². The van der Waals surface area contributed by atoms with Crippen molar-refractivity contribution in [3.8, 4) is 0 Å². The highest BCUT2D eigenvalue weighted by molar-refractivity contribution is 7.92. The van der Waals surface area contributed by atoms with E-state index in [0.29, 0.717) is 0 Å². The number of carbonyl (C=O) groups is 1. The number of aromatic nitrogens is 2. The Labute approximate surface area is 156 Å². The molecule has 1 spiro atoms. The van der Waals surface area contributed by atoms with Crippen molar-refractivity contribution in [3.63, 3.8) is 0 Å². The van der Waals surface area contributed by atoms with Crippen molar-refractivity contribution in [1.29, 1.82) is 0 Å². The Hall–Kier alpha value is -2.26. The van der Waals surface area contributed by atoms with Crippen molar-refractivity contribution in [3.05, 3.63) is 54.1 Å². The van der Waals surface area contributed by atoms with Crippen LogP contribution in [0.1, 0.15) is 5.56 Å². The topological polar surface area (TPSA) is 81.5 Å². The first kappa shape index (κ1) is 18.1. The summed E-state index contributed by atoms with van der Waals surface area (Å²) >= 11 is 0. The Balaban J connectivity index is 1.35. The fourth-order valence-electron chi connectivity index (χ4n) is 3.60. The molecule has 4 rings (SSSR count). The Kier molecular flexibility index (Phi) is 4.51. The van der Waals surface area contributed by atoms with E-state index in [0.717, 1.165) is 18.0 Å². The highest BCUT2D eigenvalue weighted by atomic mass is 32.2. The molecular weight excluding hydrogens is 373 g/mol. The van der Waals surface area contributed by atoms with Crippen LogP contribution in [0.2, 0.25) is 0 Å². The molecule has 7 nitrogen and oxygen atoms in total. The standard InChI is InChI=1S/C18H20FN3O4S/c19-15-7-20-22(8-15)9-16-10-26-18(13-27(16,24)25)11-21(12-18)17(23)6-14-4-2-1-3-5-14/h1-5,7-8,16H,6,9-13H2/t16-/m0/s1. The van der Waals surface area contributed by atoms with Gasteiger partial charge in [0.15, 0.2) is 15.7 Å². The number of halogens is 1. The number of likely N-dealkylation sites (tertiary alicyclic amines) is 1. The largest absolute Gasteiger partial charge is 0.369 e. The number of hydrogen-bond acceptors (Lipinski definition) is 5. The molecule has 2 aromatic rings. The van der Waals surface area contributed by atoms with Crippen LogP contribution in [-0.2, 0) is 32.3 Å². The van der Waals surface area contributed by atoms with Gasteiger partial charge in [-0.15, -0.1) is 0 Å². The predicted octanol–water partition coefficient (Wildman–Crippen LogP) is 0.659. The minimum absolute atomic E-state index is 0.0184. The van der Waals surface area contributed by atoms with Crippen LogP contribution in [0.4, 0.5) is 4.39 Å². The lowest BCUT2D eigenvalue weighted by molar-refractivity contribution is -0.164. The highest BCUT2D eigenvalue weighted by Crippen LogP contribution is 2.33. The third-order valence-electron chi connectivity index (χ3n) is 5.05. The zero-order chi connectivity index (χ0) is 19.1. The maximum Gasteiger partial charge on any atom is 0.227 e. The lowest BCUT2D eigenvalue weighted by Gasteiger charge is -2.52. The zero-order valence-electron chi connectivity index (χ0n) is 14.6. The van der Waals surface area contributed by atoms with Gasteiger partial charge in [-0.3, -0.25) is 9.48 Å². The number of sulfone groups is 1.